The molecule has 1 heterocycles. The molecular weight excluding hydrogens is 240 g/mol. The Hall–Kier alpha value is -1.55. The highest BCUT2D eigenvalue weighted by atomic mass is 35.5. The second kappa shape index (κ2) is 4.75. The van der Waals surface area contributed by atoms with Crippen LogP contribution < -0.4 is 9.75 Å². The molecule has 2 rings (SSSR count). The minimum Gasteiger partial charge on any atom is -0.495 e. The van der Waals surface area contributed by atoms with E-state index < -0.39 is 0 Å². The lowest BCUT2D eigenvalue weighted by molar-refractivity contribution is -0.118. The number of methoxy groups -OCH3 is 1. The van der Waals surface area contributed by atoms with E-state index in [0.717, 1.165) is 12.1 Å². The van der Waals surface area contributed by atoms with Gasteiger partial charge in [-0.25, -0.2) is 5.01 Å². The molecule has 1 aliphatic heterocycles. The molecule has 0 unspecified atom stereocenters. The average Bonchev–Trinajstić information content (AvgIpc) is 2.32. The van der Waals surface area contributed by atoms with Gasteiger partial charge in [-0.05, 0) is 31.5 Å². The van der Waals surface area contributed by atoms with E-state index in [0.29, 0.717) is 22.9 Å². The summed E-state index contributed by atoms with van der Waals surface area (Å²) in [6.07, 6.45) is 1.21. The molecular formula is C12H13ClN2O2. The summed E-state index contributed by atoms with van der Waals surface area (Å²) in [5.74, 6) is 0.567. The van der Waals surface area contributed by atoms with Gasteiger partial charge in [-0.3, -0.25) is 4.79 Å². The number of ether oxygens (including phenoxy) is 1. The normalized spacial score (nSPS) is 15.8. The van der Waals surface area contributed by atoms with Crippen molar-refractivity contribution in [3.63, 3.8) is 0 Å². The van der Waals surface area contributed by atoms with Gasteiger partial charge in [-0.15, -0.1) is 0 Å². The molecule has 90 valence electrons. The van der Waals surface area contributed by atoms with E-state index in [9.17, 15) is 4.79 Å². The molecule has 17 heavy (non-hydrogen) atoms. The van der Waals surface area contributed by atoms with Gasteiger partial charge in [0.05, 0.1) is 17.8 Å². The molecule has 0 atom stereocenters. The zero-order chi connectivity index (χ0) is 12.4. The zero-order valence-corrected chi connectivity index (χ0v) is 10.5. The van der Waals surface area contributed by atoms with Crippen LogP contribution in [0.5, 0.6) is 5.75 Å². The molecule has 0 fully saturated rings. The summed E-state index contributed by atoms with van der Waals surface area (Å²) in [4.78, 5) is 11.8. The van der Waals surface area contributed by atoms with E-state index >= 15 is 0 Å². The number of carbonyl (C=O) groups excluding carboxylic acids is 1. The maximum atomic E-state index is 11.8. The average molecular weight is 253 g/mol. The Balaban J connectivity index is 2.36. The fourth-order valence-corrected chi connectivity index (χ4v) is 1.91. The van der Waals surface area contributed by atoms with Crippen molar-refractivity contribution in [1.82, 2.24) is 0 Å². The van der Waals surface area contributed by atoms with E-state index in [1.54, 1.807) is 25.3 Å². The third kappa shape index (κ3) is 2.42. The molecule has 1 aromatic rings. The van der Waals surface area contributed by atoms with Crippen LogP contribution >= 0.6 is 11.6 Å². The van der Waals surface area contributed by atoms with Crippen LogP contribution in [0.2, 0.25) is 5.02 Å². The van der Waals surface area contributed by atoms with E-state index in [1.165, 1.54) is 5.01 Å². The lowest BCUT2D eigenvalue weighted by Gasteiger charge is -2.22. The first-order chi connectivity index (χ1) is 8.11. The van der Waals surface area contributed by atoms with Crippen molar-refractivity contribution in [3.05, 3.63) is 23.2 Å². The lowest BCUT2D eigenvalue weighted by atomic mass is 10.2. The number of hydrogen-bond acceptors (Lipinski definition) is 3. The lowest BCUT2D eigenvalue weighted by Crippen LogP contribution is -2.30. The Bertz CT molecular complexity index is 485. The molecule has 0 N–H and O–H groups in total. The molecule has 5 heteroatoms. The second-order valence-electron chi connectivity index (χ2n) is 3.86. The van der Waals surface area contributed by atoms with Crippen LogP contribution in [-0.2, 0) is 4.79 Å². The van der Waals surface area contributed by atoms with Crippen molar-refractivity contribution in [2.45, 2.75) is 19.8 Å². The number of carbonyl (C=O) groups is 1. The maximum Gasteiger partial charge on any atom is 0.247 e. The van der Waals surface area contributed by atoms with Crippen LogP contribution in [0.25, 0.3) is 0 Å². The SMILES string of the molecule is COc1ccc(N2N=C(C)CCC2=O)cc1Cl. The van der Waals surface area contributed by atoms with Crippen molar-refractivity contribution < 1.29 is 9.53 Å². The number of hydrogen-bond donors (Lipinski definition) is 0. The van der Waals surface area contributed by atoms with Crippen molar-refractivity contribution in [2.24, 2.45) is 5.10 Å². The molecule has 0 saturated carbocycles. The third-order valence-corrected chi connectivity index (χ3v) is 2.88. The topological polar surface area (TPSA) is 41.9 Å². The van der Waals surface area contributed by atoms with E-state index in [-0.39, 0.29) is 5.91 Å². The van der Waals surface area contributed by atoms with Crippen LogP contribution in [-0.4, -0.2) is 18.7 Å². The molecule has 1 aromatic carbocycles. The number of benzene rings is 1. The Morgan fingerprint density at radius 2 is 2.18 bits per heavy atom. The van der Waals surface area contributed by atoms with Crippen LogP contribution in [0.1, 0.15) is 19.8 Å². The number of halogens is 1. The molecule has 0 saturated heterocycles. The highest BCUT2D eigenvalue weighted by Crippen LogP contribution is 2.30. The quantitative estimate of drug-likeness (QED) is 0.812. The number of hydrazone groups is 1. The van der Waals surface area contributed by atoms with Crippen LogP contribution in [0.4, 0.5) is 5.69 Å². The molecule has 1 aliphatic rings. The number of rotatable bonds is 2. The first-order valence-corrected chi connectivity index (χ1v) is 5.70. The maximum absolute atomic E-state index is 11.8. The summed E-state index contributed by atoms with van der Waals surface area (Å²) in [5.41, 5.74) is 1.61. The van der Waals surface area contributed by atoms with Crippen LogP contribution in [0, 0.1) is 0 Å². The van der Waals surface area contributed by atoms with Crippen molar-refractivity contribution >= 4 is 28.9 Å². The zero-order valence-electron chi connectivity index (χ0n) is 9.74. The Morgan fingerprint density at radius 1 is 1.41 bits per heavy atom. The second-order valence-corrected chi connectivity index (χ2v) is 4.27. The van der Waals surface area contributed by atoms with Gasteiger partial charge in [0.25, 0.3) is 0 Å². The molecule has 0 spiro atoms. The summed E-state index contributed by atoms with van der Waals surface area (Å²) in [7, 11) is 1.55. The summed E-state index contributed by atoms with van der Waals surface area (Å²) in [6.45, 7) is 1.91. The van der Waals surface area contributed by atoms with Gasteiger partial charge in [0.1, 0.15) is 5.75 Å². The predicted molar refractivity (Wildman–Crippen MR) is 67.8 cm³/mol. The fraction of sp³-hybridized carbons (Fsp3) is 0.333. The van der Waals surface area contributed by atoms with Crippen LogP contribution in [0.15, 0.2) is 23.3 Å². The van der Waals surface area contributed by atoms with Gasteiger partial charge in [0.2, 0.25) is 5.91 Å². The largest absolute Gasteiger partial charge is 0.495 e. The third-order valence-electron chi connectivity index (χ3n) is 2.59. The Kier molecular flexibility index (Phi) is 3.33. The minimum absolute atomic E-state index is 0.0168. The van der Waals surface area contributed by atoms with Gasteiger partial charge in [0.15, 0.2) is 0 Å². The molecule has 0 bridgehead atoms. The van der Waals surface area contributed by atoms with Gasteiger partial charge in [-0.2, -0.15) is 5.10 Å². The highest BCUT2D eigenvalue weighted by molar-refractivity contribution is 6.32. The fourth-order valence-electron chi connectivity index (χ4n) is 1.66. The molecule has 1 amide bonds. The standard InChI is InChI=1S/C12H13ClN2O2/c1-8-3-6-12(16)15(14-8)9-4-5-11(17-2)10(13)7-9/h4-5,7H,3,6H2,1-2H3. The highest BCUT2D eigenvalue weighted by Gasteiger charge is 2.20. The molecule has 0 aliphatic carbocycles. The molecule has 0 radical (unpaired) electrons. The summed E-state index contributed by atoms with van der Waals surface area (Å²) >= 11 is 6.02. The molecule has 0 aromatic heterocycles. The number of anilines is 1. The summed E-state index contributed by atoms with van der Waals surface area (Å²) < 4.78 is 5.06. The Labute approximate surface area is 105 Å². The van der Waals surface area contributed by atoms with E-state index in [2.05, 4.69) is 5.10 Å². The summed E-state index contributed by atoms with van der Waals surface area (Å²) in [6, 6.07) is 5.18. The Morgan fingerprint density at radius 3 is 2.82 bits per heavy atom. The number of nitrogens with zero attached hydrogens (tertiary/aromatic N) is 2. The van der Waals surface area contributed by atoms with E-state index in [4.69, 9.17) is 16.3 Å². The predicted octanol–water partition coefficient (Wildman–Crippen LogP) is 2.85. The van der Waals surface area contributed by atoms with Gasteiger partial charge < -0.3 is 4.74 Å². The monoisotopic (exact) mass is 252 g/mol. The van der Waals surface area contributed by atoms with Gasteiger partial charge in [-0.1, -0.05) is 11.6 Å². The molecule has 4 nitrogen and oxygen atoms in total. The first-order valence-electron chi connectivity index (χ1n) is 5.32. The first kappa shape index (κ1) is 11.9. The van der Waals surface area contributed by atoms with Crippen molar-refractivity contribution in [3.8, 4) is 5.75 Å². The smallest absolute Gasteiger partial charge is 0.247 e. The van der Waals surface area contributed by atoms with Gasteiger partial charge >= 0.3 is 0 Å². The van der Waals surface area contributed by atoms with Crippen molar-refractivity contribution in [1.29, 1.82) is 0 Å². The van der Waals surface area contributed by atoms with Gasteiger partial charge in [0, 0.05) is 12.1 Å². The number of amides is 1. The minimum atomic E-state index is -0.0168. The van der Waals surface area contributed by atoms with Crippen molar-refractivity contribution in [2.75, 3.05) is 12.1 Å². The van der Waals surface area contributed by atoms with Crippen LogP contribution in [0.3, 0.4) is 0 Å². The van der Waals surface area contributed by atoms with E-state index in [1.807, 2.05) is 6.92 Å². The summed E-state index contributed by atoms with van der Waals surface area (Å²) in [5, 5.41) is 6.09.